The van der Waals surface area contributed by atoms with Crippen LogP contribution < -0.4 is 10.0 Å². The van der Waals surface area contributed by atoms with Gasteiger partial charge in [-0.15, -0.1) is 11.8 Å². The van der Waals surface area contributed by atoms with Gasteiger partial charge in [-0.25, -0.2) is 13.1 Å². The van der Waals surface area contributed by atoms with Crippen molar-refractivity contribution in [2.24, 2.45) is 0 Å². The lowest BCUT2D eigenvalue weighted by Gasteiger charge is -2.09. The first-order valence-electron chi connectivity index (χ1n) is 9.66. The van der Waals surface area contributed by atoms with Crippen LogP contribution in [0, 0.1) is 0 Å². The van der Waals surface area contributed by atoms with Crippen molar-refractivity contribution in [2.45, 2.75) is 35.6 Å². The van der Waals surface area contributed by atoms with Gasteiger partial charge in [0.1, 0.15) is 5.76 Å². The Morgan fingerprint density at radius 3 is 2.60 bits per heavy atom. The monoisotopic (exact) mass is 442 g/mol. The molecule has 0 aliphatic heterocycles. The van der Waals surface area contributed by atoms with Crippen LogP contribution in [0.25, 0.3) is 0 Å². The molecule has 0 radical (unpaired) electrons. The highest BCUT2D eigenvalue weighted by Crippen LogP contribution is 2.27. The number of thioether (sulfide) groups is 1. The number of carbonyl (C=O) groups is 1. The van der Waals surface area contributed by atoms with Gasteiger partial charge < -0.3 is 9.73 Å². The van der Waals surface area contributed by atoms with Crippen molar-refractivity contribution in [2.75, 3.05) is 11.1 Å². The number of amides is 1. The second-order valence-electron chi connectivity index (χ2n) is 7.05. The molecule has 1 aliphatic carbocycles. The molecule has 3 aromatic rings. The maximum absolute atomic E-state index is 12.4. The van der Waals surface area contributed by atoms with E-state index in [1.807, 2.05) is 0 Å². The van der Waals surface area contributed by atoms with E-state index in [2.05, 4.69) is 28.2 Å². The molecule has 1 amide bonds. The molecule has 8 heteroatoms. The fourth-order valence-corrected chi connectivity index (χ4v) is 5.12. The van der Waals surface area contributed by atoms with E-state index in [0.29, 0.717) is 17.2 Å². The number of fused-ring (bicyclic) bond motifs is 1. The third-order valence-electron chi connectivity index (χ3n) is 4.90. The van der Waals surface area contributed by atoms with Gasteiger partial charge in [-0.1, -0.05) is 6.07 Å². The Morgan fingerprint density at radius 1 is 1.03 bits per heavy atom. The highest BCUT2D eigenvalue weighted by molar-refractivity contribution is 8.00. The zero-order valence-corrected chi connectivity index (χ0v) is 17.9. The van der Waals surface area contributed by atoms with Crippen LogP contribution in [0.1, 0.15) is 23.3 Å². The normalized spacial score (nSPS) is 13.2. The molecule has 156 valence electrons. The Bertz CT molecular complexity index is 1120. The SMILES string of the molecule is O=C(CSc1ccc2c(c1)CCC2)Nc1ccc(S(=O)(=O)NCc2ccco2)cc1. The fourth-order valence-electron chi connectivity index (χ4n) is 3.36. The molecular formula is C22H22N2O4S2. The fraction of sp³-hybridized carbons (Fsp3) is 0.227. The number of carbonyl (C=O) groups excluding carboxylic acids is 1. The first-order chi connectivity index (χ1) is 14.5. The van der Waals surface area contributed by atoms with Gasteiger partial charge >= 0.3 is 0 Å². The van der Waals surface area contributed by atoms with E-state index in [9.17, 15) is 13.2 Å². The van der Waals surface area contributed by atoms with Gasteiger partial charge in [0, 0.05) is 10.6 Å². The first-order valence-corrected chi connectivity index (χ1v) is 12.1. The van der Waals surface area contributed by atoms with Crippen LogP contribution in [0.2, 0.25) is 0 Å². The molecule has 0 saturated carbocycles. The molecule has 0 saturated heterocycles. The summed E-state index contributed by atoms with van der Waals surface area (Å²) in [5.74, 6) is 0.694. The number of hydrogen-bond acceptors (Lipinski definition) is 5. The minimum absolute atomic E-state index is 0.0771. The van der Waals surface area contributed by atoms with Gasteiger partial charge in [0.25, 0.3) is 0 Å². The van der Waals surface area contributed by atoms with Crippen LogP contribution in [0.15, 0.2) is 75.1 Å². The molecule has 1 heterocycles. The Kier molecular flexibility index (Phi) is 6.26. The molecule has 0 unspecified atom stereocenters. The van der Waals surface area contributed by atoms with E-state index in [-0.39, 0.29) is 17.3 Å². The Balaban J connectivity index is 1.30. The number of anilines is 1. The molecule has 2 aromatic carbocycles. The van der Waals surface area contributed by atoms with Gasteiger partial charge in [0.15, 0.2) is 0 Å². The average molecular weight is 443 g/mol. The predicted octanol–water partition coefficient (Wildman–Crippen LogP) is 3.98. The summed E-state index contributed by atoms with van der Waals surface area (Å²) >= 11 is 1.50. The number of aryl methyl sites for hydroxylation is 2. The van der Waals surface area contributed by atoms with Crippen molar-refractivity contribution in [1.82, 2.24) is 4.72 Å². The highest BCUT2D eigenvalue weighted by atomic mass is 32.2. The third-order valence-corrected chi connectivity index (χ3v) is 7.32. The molecule has 0 atom stereocenters. The van der Waals surface area contributed by atoms with Crippen LogP contribution in [0.4, 0.5) is 5.69 Å². The minimum Gasteiger partial charge on any atom is -0.468 e. The lowest BCUT2D eigenvalue weighted by Crippen LogP contribution is -2.23. The Labute approximate surface area is 180 Å². The molecule has 6 nitrogen and oxygen atoms in total. The van der Waals surface area contributed by atoms with E-state index in [4.69, 9.17) is 4.42 Å². The summed E-state index contributed by atoms with van der Waals surface area (Å²) in [7, 11) is -3.66. The van der Waals surface area contributed by atoms with Crippen molar-refractivity contribution >= 4 is 33.4 Å². The Hall–Kier alpha value is -2.55. The average Bonchev–Trinajstić information content (AvgIpc) is 3.42. The van der Waals surface area contributed by atoms with Crippen LogP contribution in [0.5, 0.6) is 0 Å². The van der Waals surface area contributed by atoms with Crippen molar-refractivity contribution in [3.8, 4) is 0 Å². The third kappa shape index (κ3) is 5.13. The summed E-state index contributed by atoms with van der Waals surface area (Å²) in [6.07, 6.45) is 4.95. The number of furan rings is 1. The minimum atomic E-state index is -3.66. The molecule has 4 rings (SSSR count). The van der Waals surface area contributed by atoms with Crippen LogP contribution >= 0.6 is 11.8 Å². The molecule has 2 N–H and O–H groups in total. The summed E-state index contributed by atoms with van der Waals surface area (Å²) in [6, 6.07) is 15.9. The summed E-state index contributed by atoms with van der Waals surface area (Å²) in [6.45, 7) is 0.0771. The summed E-state index contributed by atoms with van der Waals surface area (Å²) in [5, 5.41) is 2.81. The van der Waals surface area contributed by atoms with Crippen molar-refractivity contribution < 1.29 is 17.6 Å². The molecular weight excluding hydrogens is 420 g/mol. The van der Waals surface area contributed by atoms with Gasteiger partial charge in [-0.05, 0) is 78.9 Å². The molecule has 0 spiro atoms. The van der Waals surface area contributed by atoms with E-state index >= 15 is 0 Å². The second-order valence-corrected chi connectivity index (χ2v) is 9.86. The molecule has 1 aromatic heterocycles. The summed E-state index contributed by atoms with van der Waals surface area (Å²) in [4.78, 5) is 13.5. The van der Waals surface area contributed by atoms with E-state index in [1.165, 1.54) is 47.7 Å². The second kappa shape index (κ2) is 9.07. The Morgan fingerprint density at radius 2 is 1.83 bits per heavy atom. The number of benzene rings is 2. The number of rotatable bonds is 8. The zero-order chi connectivity index (χ0) is 21.0. The van der Waals surface area contributed by atoms with Crippen molar-refractivity contribution in [3.05, 3.63) is 77.7 Å². The maximum Gasteiger partial charge on any atom is 0.240 e. The zero-order valence-electron chi connectivity index (χ0n) is 16.3. The van der Waals surface area contributed by atoms with Crippen LogP contribution in [0.3, 0.4) is 0 Å². The lowest BCUT2D eigenvalue weighted by molar-refractivity contribution is -0.113. The first kappa shape index (κ1) is 20.7. The number of nitrogens with one attached hydrogen (secondary N) is 2. The van der Waals surface area contributed by atoms with Gasteiger partial charge in [0.05, 0.1) is 23.5 Å². The van der Waals surface area contributed by atoms with E-state index in [0.717, 1.165) is 17.7 Å². The quantitative estimate of drug-likeness (QED) is 0.515. The number of sulfonamides is 1. The van der Waals surface area contributed by atoms with Crippen LogP contribution in [-0.2, 0) is 34.2 Å². The smallest absolute Gasteiger partial charge is 0.240 e. The lowest BCUT2D eigenvalue weighted by atomic mass is 10.1. The molecule has 30 heavy (non-hydrogen) atoms. The largest absolute Gasteiger partial charge is 0.468 e. The van der Waals surface area contributed by atoms with Crippen molar-refractivity contribution in [1.29, 1.82) is 0 Å². The van der Waals surface area contributed by atoms with Gasteiger partial charge in [-0.3, -0.25) is 4.79 Å². The predicted molar refractivity (Wildman–Crippen MR) is 117 cm³/mol. The van der Waals surface area contributed by atoms with E-state index in [1.54, 1.807) is 24.3 Å². The molecule has 0 fully saturated rings. The van der Waals surface area contributed by atoms with Crippen molar-refractivity contribution in [3.63, 3.8) is 0 Å². The topological polar surface area (TPSA) is 88.4 Å². The maximum atomic E-state index is 12.4. The standard InChI is InChI=1S/C22H22N2O4S2/c25-22(15-29-20-9-6-16-3-1-4-17(16)13-20)24-18-7-10-21(11-8-18)30(26,27)23-14-19-5-2-12-28-19/h2,5-13,23H,1,3-4,14-15H2,(H,24,25). The highest BCUT2D eigenvalue weighted by Gasteiger charge is 2.15. The molecule has 0 bridgehead atoms. The van der Waals surface area contributed by atoms with E-state index < -0.39 is 10.0 Å². The van der Waals surface area contributed by atoms with Gasteiger partial charge in [0.2, 0.25) is 15.9 Å². The summed E-state index contributed by atoms with van der Waals surface area (Å²) < 4.78 is 32.3. The molecule has 1 aliphatic rings. The number of hydrogen-bond donors (Lipinski definition) is 2. The summed E-state index contributed by atoms with van der Waals surface area (Å²) in [5.41, 5.74) is 3.36. The van der Waals surface area contributed by atoms with Crippen LogP contribution in [-0.4, -0.2) is 20.1 Å². The van der Waals surface area contributed by atoms with Gasteiger partial charge in [-0.2, -0.15) is 0 Å².